The molecule has 17 heavy (non-hydrogen) atoms. The van der Waals surface area contributed by atoms with Gasteiger partial charge in [-0.25, -0.2) is 0 Å². The van der Waals surface area contributed by atoms with Crippen molar-refractivity contribution in [3.8, 4) is 0 Å². The zero-order chi connectivity index (χ0) is 12.7. The number of rotatable bonds is 6. The largest absolute Gasteiger partial charge is 0.377 e. The fraction of sp³-hybridized carbons (Fsp3) is 1.00. The molecular weight excluding hydrogens is 212 g/mol. The Morgan fingerprint density at radius 2 is 1.88 bits per heavy atom. The summed E-state index contributed by atoms with van der Waals surface area (Å²) in [7, 11) is 0. The lowest BCUT2D eigenvalue weighted by Gasteiger charge is -2.32. The lowest BCUT2D eigenvalue weighted by Crippen LogP contribution is -2.38. The lowest BCUT2D eigenvalue weighted by molar-refractivity contribution is 0.0108. The first kappa shape index (κ1) is 14.9. The zero-order valence-electron chi connectivity index (χ0n) is 11.9. The normalized spacial score (nSPS) is 19.8. The van der Waals surface area contributed by atoms with Crippen molar-refractivity contribution in [2.75, 3.05) is 32.8 Å². The van der Waals surface area contributed by atoms with E-state index >= 15 is 0 Å². The van der Waals surface area contributed by atoms with Gasteiger partial charge in [-0.15, -0.1) is 0 Å². The molecule has 3 heteroatoms. The summed E-state index contributed by atoms with van der Waals surface area (Å²) in [6, 6.07) is 0. The maximum absolute atomic E-state index is 5.69. The van der Waals surface area contributed by atoms with Crippen molar-refractivity contribution in [3.05, 3.63) is 0 Å². The van der Waals surface area contributed by atoms with E-state index in [2.05, 4.69) is 25.7 Å². The summed E-state index contributed by atoms with van der Waals surface area (Å²) in [6.07, 6.45) is 5.44. The molecule has 3 nitrogen and oxygen atoms in total. The lowest BCUT2D eigenvalue weighted by atomic mass is 9.90. The Labute approximate surface area is 107 Å². The third kappa shape index (κ3) is 7.02. The molecule has 0 aromatic heterocycles. The van der Waals surface area contributed by atoms with Gasteiger partial charge in [0.15, 0.2) is 0 Å². The number of likely N-dealkylation sites (tertiary alicyclic amines) is 1. The highest BCUT2D eigenvalue weighted by Gasteiger charge is 2.19. The molecule has 1 saturated heterocycles. The Morgan fingerprint density at radius 3 is 2.41 bits per heavy atom. The van der Waals surface area contributed by atoms with Gasteiger partial charge in [-0.1, -0.05) is 20.8 Å². The van der Waals surface area contributed by atoms with Crippen LogP contribution in [0.5, 0.6) is 0 Å². The molecule has 0 radical (unpaired) electrons. The van der Waals surface area contributed by atoms with Gasteiger partial charge in [0.2, 0.25) is 0 Å². The average molecular weight is 242 g/mol. The van der Waals surface area contributed by atoms with Crippen LogP contribution < -0.4 is 5.73 Å². The molecule has 0 spiro atoms. The van der Waals surface area contributed by atoms with Crippen molar-refractivity contribution < 1.29 is 4.74 Å². The van der Waals surface area contributed by atoms with Crippen molar-refractivity contribution in [2.45, 2.75) is 52.6 Å². The quantitative estimate of drug-likeness (QED) is 0.776. The molecule has 0 unspecified atom stereocenters. The molecule has 1 aliphatic rings. The van der Waals surface area contributed by atoms with E-state index in [1.165, 1.54) is 45.3 Å². The summed E-state index contributed by atoms with van der Waals surface area (Å²) in [5.41, 5.74) is 5.92. The van der Waals surface area contributed by atoms with Crippen molar-refractivity contribution in [1.29, 1.82) is 0 Å². The van der Waals surface area contributed by atoms with Gasteiger partial charge < -0.3 is 15.4 Å². The molecule has 0 aliphatic carbocycles. The van der Waals surface area contributed by atoms with E-state index in [-0.39, 0.29) is 0 Å². The van der Waals surface area contributed by atoms with Crippen LogP contribution in [0, 0.1) is 5.41 Å². The second-order valence-electron chi connectivity index (χ2n) is 6.36. The number of piperidine rings is 1. The first-order valence-corrected chi connectivity index (χ1v) is 7.05. The SMILES string of the molecule is CC(C)(C)CCCN1CCC(OCCN)CC1. The number of nitrogens with zero attached hydrogens (tertiary/aromatic N) is 1. The molecule has 102 valence electrons. The molecule has 0 aromatic carbocycles. The van der Waals surface area contributed by atoms with E-state index in [0.29, 0.717) is 24.7 Å². The third-order valence-corrected chi connectivity index (χ3v) is 3.41. The van der Waals surface area contributed by atoms with Crippen LogP contribution in [-0.4, -0.2) is 43.8 Å². The van der Waals surface area contributed by atoms with Crippen LogP contribution >= 0.6 is 0 Å². The standard InChI is InChI=1S/C14H30N2O/c1-14(2,3)7-4-9-16-10-5-13(6-11-16)17-12-8-15/h13H,4-12,15H2,1-3H3. The van der Waals surface area contributed by atoms with Gasteiger partial charge in [0.1, 0.15) is 0 Å². The number of ether oxygens (including phenoxy) is 1. The monoisotopic (exact) mass is 242 g/mol. The fourth-order valence-corrected chi connectivity index (χ4v) is 2.37. The molecule has 1 heterocycles. The summed E-state index contributed by atoms with van der Waals surface area (Å²) < 4.78 is 5.69. The molecule has 0 saturated carbocycles. The van der Waals surface area contributed by atoms with Crippen LogP contribution in [0.25, 0.3) is 0 Å². The van der Waals surface area contributed by atoms with Crippen molar-refractivity contribution in [3.63, 3.8) is 0 Å². The van der Waals surface area contributed by atoms with E-state index in [1.807, 2.05) is 0 Å². The van der Waals surface area contributed by atoms with Gasteiger partial charge >= 0.3 is 0 Å². The van der Waals surface area contributed by atoms with Crippen molar-refractivity contribution in [2.24, 2.45) is 11.1 Å². The molecule has 0 atom stereocenters. The third-order valence-electron chi connectivity index (χ3n) is 3.41. The second-order valence-corrected chi connectivity index (χ2v) is 6.36. The second kappa shape index (κ2) is 7.34. The minimum atomic E-state index is 0.456. The molecule has 1 fully saturated rings. The van der Waals surface area contributed by atoms with Crippen LogP contribution in [0.3, 0.4) is 0 Å². The minimum Gasteiger partial charge on any atom is -0.377 e. The summed E-state index contributed by atoms with van der Waals surface area (Å²) in [4.78, 5) is 2.58. The predicted octanol–water partition coefficient (Wildman–Crippen LogP) is 2.25. The highest BCUT2D eigenvalue weighted by Crippen LogP contribution is 2.21. The highest BCUT2D eigenvalue weighted by molar-refractivity contribution is 4.73. The van der Waals surface area contributed by atoms with E-state index in [1.54, 1.807) is 0 Å². The summed E-state index contributed by atoms with van der Waals surface area (Å²) >= 11 is 0. The van der Waals surface area contributed by atoms with Crippen molar-refractivity contribution in [1.82, 2.24) is 4.90 Å². The van der Waals surface area contributed by atoms with Gasteiger partial charge in [-0.05, 0) is 37.6 Å². The van der Waals surface area contributed by atoms with Crippen LogP contribution in [0.2, 0.25) is 0 Å². The maximum Gasteiger partial charge on any atom is 0.0600 e. The Morgan fingerprint density at radius 1 is 1.24 bits per heavy atom. The maximum atomic E-state index is 5.69. The van der Waals surface area contributed by atoms with Crippen LogP contribution in [0.15, 0.2) is 0 Å². The Kier molecular flexibility index (Phi) is 6.45. The van der Waals surface area contributed by atoms with E-state index in [9.17, 15) is 0 Å². The van der Waals surface area contributed by atoms with Crippen LogP contribution in [-0.2, 0) is 4.74 Å². The summed E-state index contributed by atoms with van der Waals surface area (Å²) in [5.74, 6) is 0. The van der Waals surface area contributed by atoms with Crippen molar-refractivity contribution >= 4 is 0 Å². The Bertz CT molecular complexity index is 193. The summed E-state index contributed by atoms with van der Waals surface area (Å²) in [6.45, 7) is 12.0. The van der Waals surface area contributed by atoms with E-state index < -0.39 is 0 Å². The molecule has 0 bridgehead atoms. The average Bonchev–Trinajstić information content (AvgIpc) is 2.26. The van der Waals surface area contributed by atoms with Crippen LogP contribution in [0.4, 0.5) is 0 Å². The highest BCUT2D eigenvalue weighted by atomic mass is 16.5. The molecule has 1 aliphatic heterocycles. The van der Waals surface area contributed by atoms with E-state index in [4.69, 9.17) is 10.5 Å². The Balaban J connectivity index is 2.07. The number of hydrogen-bond donors (Lipinski definition) is 1. The first-order chi connectivity index (χ1) is 8.01. The topological polar surface area (TPSA) is 38.5 Å². The van der Waals surface area contributed by atoms with Gasteiger partial charge in [-0.2, -0.15) is 0 Å². The molecule has 0 amide bonds. The molecular formula is C14H30N2O. The van der Waals surface area contributed by atoms with Crippen LogP contribution in [0.1, 0.15) is 46.5 Å². The van der Waals surface area contributed by atoms with Gasteiger partial charge in [-0.3, -0.25) is 0 Å². The number of nitrogens with two attached hydrogens (primary N) is 1. The number of hydrogen-bond acceptors (Lipinski definition) is 3. The van der Waals surface area contributed by atoms with E-state index in [0.717, 1.165) is 0 Å². The minimum absolute atomic E-state index is 0.456. The first-order valence-electron chi connectivity index (χ1n) is 7.05. The smallest absolute Gasteiger partial charge is 0.0600 e. The van der Waals surface area contributed by atoms with Gasteiger partial charge in [0.05, 0.1) is 12.7 Å². The summed E-state index contributed by atoms with van der Waals surface area (Å²) in [5, 5.41) is 0. The Hall–Kier alpha value is -0.120. The zero-order valence-corrected chi connectivity index (χ0v) is 11.9. The van der Waals surface area contributed by atoms with Gasteiger partial charge in [0, 0.05) is 19.6 Å². The predicted molar refractivity (Wildman–Crippen MR) is 73.2 cm³/mol. The molecule has 2 N–H and O–H groups in total. The van der Waals surface area contributed by atoms with Gasteiger partial charge in [0.25, 0.3) is 0 Å². The molecule has 0 aromatic rings. The fourth-order valence-electron chi connectivity index (χ4n) is 2.37. The molecule has 1 rings (SSSR count).